The number of carbonyl (C=O) groups excluding carboxylic acids is 2. The van der Waals surface area contributed by atoms with E-state index in [1.165, 1.54) is 0 Å². The first-order chi connectivity index (χ1) is 15.1. The van der Waals surface area contributed by atoms with Gasteiger partial charge in [-0.2, -0.15) is 5.26 Å². The molecule has 1 aromatic carbocycles. The lowest BCUT2D eigenvalue weighted by molar-refractivity contribution is -0.124. The second kappa shape index (κ2) is 9.90. The quantitative estimate of drug-likeness (QED) is 0.434. The van der Waals surface area contributed by atoms with Crippen LogP contribution in [0.3, 0.4) is 0 Å². The summed E-state index contributed by atoms with van der Waals surface area (Å²) >= 11 is 6.19. The first kappa shape index (κ1) is 24.1. The molecule has 0 radical (unpaired) electrons. The summed E-state index contributed by atoms with van der Waals surface area (Å²) in [6.07, 6.45) is 0.784. The van der Waals surface area contributed by atoms with Gasteiger partial charge in [0.2, 0.25) is 5.91 Å². The molecule has 4 unspecified atom stereocenters. The Bertz CT molecular complexity index is 1020. The Balaban J connectivity index is 1.73. The normalized spacial score (nSPS) is 20.5. The summed E-state index contributed by atoms with van der Waals surface area (Å²) in [6, 6.07) is 7.59. The Morgan fingerprint density at radius 3 is 2.69 bits per heavy atom. The predicted octanol–water partition coefficient (Wildman–Crippen LogP) is 2.68. The number of aliphatic hydroxyl groups excluding tert-OH is 1. The molecule has 2 amide bonds. The largest absolute Gasteiger partial charge is 0.378 e. The molecule has 2 heterocycles. The van der Waals surface area contributed by atoms with E-state index in [0.29, 0.717) is 35.6 Å². The van der Waals surface area contributed by atoms with Gasteiger partial charge in [0.25, 0.3) is 5.91 Å². The van der Waals surface area contributed by atoms with Gasteiger partial charge < -0.3 is 20.7 Å². The molecular formula is C23H30ClN5O3. The van der Waals surface area contributed by atoms with Crippen molar-refractivity contribution < 1.29 is 14.7 Å². The van der Waals surface area contributed by atoms with Gasteiger partial charge in [-0.25, -0.2) is 0 Å². The molecule has 0 bridgehead atoms. The van der Waals surface area contributed by atoms with E-state index in [-0.39, 0.29) is 11.3 Å². The Kier molecular flexibility index (Phi) is 7.44. The second-order valence-electron chi connectivity index (χ2n) is 9.55. The zero-order valence-corrected chi connectivity index (χ0v) is 19.3. The van der Waals surface area contributed by atoms with Crippen molar-refractivity contribution in [3.05, 3.63) is 35.0 Å². The molecule has 0 aliphatic carbocycles. The Labute approximate surface area is 192 Å². The number of aromatic nitrogens is 1. The molecule has 1 aliphatic rings. The number of amides is 2. The fourth-order valence-corrected chi connectivity index (χ4v) is 4.24. The number of carbonyl (C=O) groups is 2. The van der Waals surface area contributed by atoms with E-state index in [2.05, 4.69) is 27.0 Å². The Morgan fingerprint density at radius 2 is 2.09 bits per heavy atom. The first-order valence-electron chi connectivity index (χ1n) is 10.8. The molecular weight excluding hydrogens is 430 g/mol. The van der Waals surface area contributed by atoms with Crippen molar-refractivity contribution in [1.82, 2.24) is 20.9 Å². The van der Waals surface area contributed by atoms with E-state index < -0.39 is 30.1 Å². The zero-order chi connectivity index (χ0) is 23.5. The van der Waals surface area contributed by atoms with Crippen LogP contribution in [0.1, 0.15) is 50.5 Å². The van der Waals surface area contributed by atoms with Crippen molar-refractivity contribution in [3.63, 3.8) is 0 Å². The van der Waals surface area contributed by atoms with Crippen molar-refractivity contribution >= 4 is 34.3 Å². The smallest absolute Gasteiger partial charge is 0.268 e. The van der Waals surface area contributed by atoms with Crippen LogP contribution in [0.2, 0.25) is 5.02 Å². The summed E-state index contributed by atoms with van der Waals surface area (Å²) in [5.41, 5.74) is 0.716. The standard InChI is InChI=1S/C23H30ClN5O3/c1-23(2,3)11-18(22(32)27-15(12-25)9-14-7-8-26-20(14)30)29-21(31)17-10-13-5-4-6-16(24)19(13)28-17/h4-6,10,14-15,18,20,26,28,30H,7-9,11H2,1-3H3,(H,27,32)(H,29,31). The van der Waals surface area contributed by atoms with Crippen LogP contribution >= 0.6 is 11.6 Å². The van der Waals surface area contributed by atoms with Crippen LogP contribution in [0.4, 0.5) is 0 Å². The molecule has 8 nitrogen and oxygen atoms in total. The number of aromatic amines is 1. The van der Waals surface area contributed by atoms with Crippen molar-refractivity contribution in [2.45, 2.75) is 58.3 Å². The van der Waals surface area contributed by atoms with Crippen molar-refractivity contribution in [2.75, 3.05) is 6.54 Å². The van der Waals surface area contributed by atoms with Crippen molar-refractivity contribution in [2.24, 2.45) is 11.3 Å². The summed E-state index contributed by atoms with van der Waals surface area (Å²) in [4.78, 5) is 29.0. The maximum Gasteiger partial charge on any atom is 0.268 e. The molecule has 1 saturated heterocycles. The number of para-hydroxylation sites is 1. The molecule has 0 saturated carbocycles. The number of hydrogen-bond donors (Lipinski definition) is 5. The number of halogens is 1. The van der Waals surface area contributed by atoms with E-state index in [9.17, 15) is 20.0 Å². The summed E-state index contributed by atoms with van der Waals surface area (Å²) in [7, 11) is 0. The molecule has 172 valence electrons. The minimum Gasteiger partial charge on any atom is -0.378 e. The van der Waals surface area contributed by atoms with E-state index in [1.807, 2.05) is 26.8 Å². The van der Waals surface area contributed by atoms with E-state index in [4.69, 9.17) is 11.6 Å². The monoisotopic (exact) mass is 459 g/mol. The lowest BCUT2D eigenvalue weighted by atomic mass is 9.87. The van der Waals surface area contributed by atoms with Crippen LogP contribution in [0.25, 0.3) is 10.9 Å². The average molecular weight is 460 g/mol. The highest BCUT2D eigenvalue weighted by Gasteiger charge is 2.32. The number of hydrogen-bond acceptors (Lipinski definition) is 5. The lowest BCUT2D eigenvalue weighted by Crippen LogP contribution is -2.51. The molecule has 9 heteroatoms. The Morgan fingerprint density at radius 1 is 1.34 bits per heavy atom. The first-order valence-corrected chi connectivity index (χ1v) is 11.1. The molecule has 5 N–H and O–H groups in total. The third-order valence-electron chi connectivity index (χ3n) is 5.61. The number of fused-ring (bicyclic) bond motifs is 1. The SMILES string of the molecule is CC(C)(C)CC(NC(=O)c1cc2cccc(Cl)c2[nH]1)C(=O)NC(C#N)CC1CCNC1O. The number of benzene rings is 1. The van der Waals surface area contributed by atoms with Gasteiger partial charge in [-0.3, -0.25) is 14.9 Å². The third-order valence-corrected chi connectivity index (χ3v) is 5.93. The van der Waals surface area contributed by atoms with Gasteiger partial charge in [0, 0.05) is 11.3 Å². The minimum absolute atomic E-state index is 0.105. The summed E-state index contributed by atoms with van der Waals surface area (Å²) in [5, 5.41) is 29.3. The highest BCUT2D eigenvalue weighted by Crippen LogP contribution is 2.25. The van der Waals surface area contributed by atoms with E-state index in [0.717, 1.165) is 11.8 Å². The van der Waals surface area contributed by atoms with E-state index in [1.54, 1.807) is 18.2 Å². The van der Waals surface area contributed by atoms with Gasteiger partial charge in [-0.1, -0.05) is 44.5 Å². The van der Waals surface area contributed by atoms with Crippen LogP contribution < -0.4 is 16.0 Å². The fourth-order valence-electron chi connectivity index (χ4n) is 4.01. The molecule has 1 aromatic heterocycles. The number of H-pyrrole nitrogens is 1. The molecule has 2 aromatic rings. The molecule has 4 atom stereocenters. The summed E-state index contributed by atoms with van der Waals surface area (Å²) in [5.74, 6) is -0.952. The number of nitriles is 1. The van der Waals surface area contributed by atoms with Crippen molar-refractivity contribution in [3.8, 4) is 6.07 Å². The van der Waals surface area contributed by atoms with Gasteiger partial charge in [-0.15, -0.1) is 0 Å². The number of nitrogens with one attached hydrogen (secondary N) is 4. The summed E-state index contributed by atoms with van der Waals surface area (Å²) < 4.78 is 0. The number of aliphatic hydroxyl groups is 1. The number of rotatable bonds is 7. The molecule has 3 rings (SSSR count). The maximum absolute atomic E-state index is 13.1. The van der Waals surface area contributed by atoms with Gasteiger partial charge >= 0.3 is 0 Å². The van der Waals surface area contributed by atoms with Gasteiger partial charge in [-0.05, 0) is 43.4 Å². The number of nitrogens with zero attached hydrogens (tertiary/aromatic N) is 1. The predicted molar refractivity (Wildman–Crippen MR) is 123 cm³/mol. The van der Waals surface area contributed by atoms with Crippen LogP contribution in [0, 0.1) is 22.7 Å². The molecule has 1 fully saturated rings. The third kappa shape index (κ3) is 6.00. The summed E-state index contributed by atoms with van der Waals surface area (Å²) in [6.45, 7) is 6.61. The average Bonchev–Trinajstić information content (AvgIpc) is 3.33. The minimum atomic E-state index is -0.827. The van der Waals surface area contributed by atoms with Gasteiger partial charge in [0.15, 0.2) is 0 Å². The van der Waals surface area contributed by atoms with Crippen LogP contribution in [-0.2, 0) is 4.79 Å². The Hall–Kier alpha value is -2.60. The fraction of sp³-hybridized carbons (Fsp3) is 0.522. The highest BCUT2D eigenvalue weighted by atomic mass is 35.5. The molecule has 32 heavy (non-hydrogen) atoms. The second-order valence-corrected chi connectivity index (χ2v) is 9.96. The van der Waals surface area contributed by atoms with Crippen LogP contribution in [-0.4, -0.2) is 46.8 Å². The van der Waals surface area contributed by atoms with Gasteiger partial charge in [0.05, 0.1) is 16.6 Å². The van der Waals surface area contributed by atoms with Crippen molar-refractivity contribution in [1.29, 1.82) is 5.26 Å². The highest BCUT2D eigenvalue weighted by molar-refractivity contribution is 6.35. The zero-order valence-electron chi connectivity index (χ0n) is 18.5. The topological polar surface area (TPSA) is 130 Å². The molecule has 1 aliphatic heterocycles. The lowest BCUT2D eigenvalue weighted by Gasteiger charge is -2.27. The maximum atomic E-state index is 13.1. The molecule has 0 spiro atoms. The van der Waals surface area contributed by atoms with Crippen LogP contribution in [0.5, 0.6) is 0 Å². The van der Waals surface area contributed by atoms with E-state index >= 15 is 0 Å². The van der Waals surface area contributed by atoms with Gasteiger partial charge in [0.1, 0.15) is 24.0 Å². The van der Waals surface area contributed by atoms with Crippen LogP contribution in [0.15, 0.2) is 24.3 Å².